The highest BCUT2D eigenvalue weighted by Gasteiger charge is 2.16. The number of benzene rings is 1. The molecule has 25 heavy (non-hydrogen) atoms. The van der Waals surface area contributed by atoms with Crippen molar-refractivity contribution < 1.29 is 19.0 Å². The SMILES string of the molecule is COCCOc1ccc(CNC(=O)C2=Cc3ccccc3OC2)cn1. The molecule has 1 aliphatic heterocycles. The average molecular weight is 340 g/mol. The zero-order chi connectivity index (χ0) is 17.5. The summed E-state index contributed by atoms with van der Waals surface area (Å²) in [5, 5.41) is 2.88. The first-order chi connectivity index (χ1) is 12.3. The molecule has 0 spiro atoms. The molecule has 0 saturated carbocycles. The van der Waals surface area contributed by atoms with E-state index in [9.17, 15) is 4.79 Å². The summed E-state index contributed by atoms with van der Waals surface area (Å²) in [6.45, 7) is 1.63. The van der Waals surface area contributed by atoms with Crippen LogP contribution in [0.4, 0.5) is 0 Å². The quantitative estimate of drug-likeness (QED) is 0.783. The molecule has 1 aromatic heterocycles. The number of para-hydroxylation sites is 1. The number of rotatable bonds is 7. The van der Waals surface area contributed by atoms with Crippen LogP contribution >= 0.6 is 0 Å². The van der Waals surface area contributed by atoms with Crippen LogP contribution in [0.25, 0.3) is 6.08 Å². The number of fused-ring (bicyclic) bond motifs is 1. The largest absolute Gasteiger partial charge is 0.488 e. The molecule has 0 fully saturated rings. The van der Waals surface area contributed by atoms with Crippen molar-refractivity contribution >= 4 is 12.0 Å². The van der Waals surface area contributed by atoms with Gasteiger partial charge in [-0.2, -0.15) is 0 Å². The van der Waals surface area contributed by atoms with Crippen LogP contribution in [0.2, 0.25) is 0 Å². The minimum Gasteiger partial charge on any atom is -0.488 e. The lowest BCUT2D eigenvalue weighted by Crippen LogP contribution is -2.28. The lowest BCUT2D eigenvalue weighted by molar-refractivity contribution is -0.117. The Labute approximate surface area is 146 Å². The number of nitrogens with one attached hydrogen (secondary N) is 1. The Morgan fingerprint density at radius 2 is 2.12 bits per heavy atom. The van der Waals surface area contributed by atoms with Crippen molar-refractivity contribution in [2.45, 2.75) is 6.54 Å². The lowest BCUT2D eigenvalue weighted by Gasteiger charge is -2.17. The number of hydrogen-bond donors (Lipinski definition) is 1. The molecule has 1 aliphatic rings. The van der Waals surface area contributed by atoms with Gasteiger partial charge in [-0.05, 0) is 17.7 Å². The Morgan fingerprint density at radius 1 is 1.24 bits per heavy atom. The summed E-state index contributed by atoms with van der Waals surface area (Å²) in [4.78, 5) is 16.5. The summed E-state index contributed by atoms with van der Waals surface area (Å²) >= 11 is 0. The molecule has 6 nitrogen and oxygen atoms in total. The van der Waals surface area contributed by atoms with Crippen LogP contribution in [-0.2, 0) is 16.1 Å². The van der Waals surface area contributed by atoms with Crippen LogP contribution in [-0.4, -0.2) is 37.8 Å². The number of aromatic nitrogens is 1. The maximum atomic E-state index is 12.3. The van der Waals surface area contributed by atoms with Crippen molar-refractivity contribution in [3.63, 3.8) is 0 Å². The van der Waals surface area contributed by atoms with Gasteiger partial charge < -0.3 is 19.5 Å². The molecule has 130 valence electrons. The van der Waals surface area contributed by atoms with Gasteiger partial charge in [0.25, 0.3) is 5.91 Å². The molecule has 2 aromatic rings. The van der Waals surface area contributed by atoms with Crippen LogP contribution in [0.1, 0.15) is 11.1 Å². The molecule has 6 heteroatoms. The molecule has 0 radical (unpaired) electrons. The van der Waals surface area contributed by atoms with Gasteiger partial charge in [0.1, 0.15) is 19.0 Å². The van der Waals surface area contributed by atoms with Crippen molar-refractivity contribution in [2.24, 2.45) is 0 Å². The monoisotopic (exact) mass is 340 g/mol. The Morgan fingerprint density at radius 3 is 2.92 bits per heavy atom. The van der Waals surface area contributed by atoms with E-state index in [4.69, 9.17) is 14.2 Å². The van der Waals surface area contributed by atoms with Gasteiger partial charge in [-0.15, -0.1) is 0 Å². The smallest absolute Gasteiger partial charge is 0.250 e. The van der Waals surface area contributed by atoms with Gasteiger partial charge >= 0.3 is 0 Å². The minimum absolute atomic E-state index is 0.144. The van der Waals surface area contributed by atoms with E-state index in [1.807, 2.05) is 36.4 Å². The van der Waals surface area contributed by atoms with Gasteiger partial charge in [-0.3, -0.25) is 4.79 Å². The van der Waals surface area contributed by atoms with E-state index in [0.717, 1.165) is 16.9 Å². The lowest BCUT2D eigenvalue weighted by atomic mass is 10.1. The number of methoxy groups -OCH3 is 1. The zero-order valence-electron chi connectivity index (χ0n) is 14.0. The molecular formula is C19H20N2O4. The molecule has 2 heterocycles. The first-order valence-corrected chi connectivity index (χ1v) is 8.03. The van der Waals surface area contributed by atoms with Gasteiger partial charge in [0.15, 0.2) is 0 Å². The molecule has 0 bridgehead atoms. The molecule has 0 saturated heterocycles. The third kappa shape index (κ3) is 4.58. The van der Waals surface area contributed by atoms with Crippen LogP contribution < -0.4 is 14.8 Å². The Balaban J connectivity index is 1.53. The van der Waals surface area contributed by atoms with Gasteiger partial charge in [-0.25, -0.2) is 4.98 Å². The number of hydrogen-bond acceptors (Lipinski definition) is 5. The zero-order valence-corrected chi connectivity index (χ0v) is 14.0. The van der Waals surface area contributed by atoms with E-state index < -0.39 is 0 Å². The van der Waals surface area contributed by atoms with Crippen LogP contribution in [0.5, 0.6) is 11.6 Å². The summed E-state index contributed by atoms with van der Waals surface area (Å²) in [5.74, 6) is 1.19. The van der Waals surface area contributed by atoms with Crippen LogP contribution in [0.3, 0.4) is 0 Å². The van der Waals surface area contributed by atoms with Gasteiger partial charge in [0.05, 0.1) is 12.2 Å². The number of nitrogens with zero attached hydrogens (tertiary/aromatic N) is 1. The van der Waals surface area contributed by atoms with E-state index in [2.05, 4.69) is 10.3 Å². The van der Waals surface area contributed by atoms with Gasteiger partial charge in [0.2, 0.25) is 5.88 Å². The first-order valence-electron chi connectivity index (χ1n) is 8.03. The summed E-state index contributed by atoms with van der Waals surface area (Å²) in [6, 6.07) is 11.3. The highest BCUT2D eigenvalue weighted by atomic mass is 16.5. The number of carbonyl (C=O) groups is 1. The second-order valence-electron chi connectivity index (χ2n) is 5.52. The molecule has 0 aliphatic carbocycles. The third-order valence-corrected chi connectivity index (χ3v) is 3.71. The fraction of sp³-hybridized carbons (Fsp3) is 0.263. The molecule has 3 rings (SSSR count). The molecule has 0 atom stereocenters. The van der Waals surface area contributed by atoms with E-state index in [-0.39, 0.29) is 12.5 Å². The van der Waals surface area contributed by atoms with E-state index in [1.54, 1.807) is 19.4 Å². The highest BCUT2D eigenvalue weighted by molar-refractivity contribution is 5.99. The molecule has 1 aromatic carbocycles. The van der Waals surface area contributed by atoms with Crippen molar-refractivity contribution in [3.05, 3.63) is 59.3 Å². The van der Waals surface area contributed by atoms with E-state index in [1.165, 1.54) is 0 Å². The van der Waals surface area contributed by atoms with Gasteiger partial charge in [-0.1, -0.05) is 24.3 Å². The predicted octanol–water partition coefficient (Wildman–Crippen LogP) is 2.20. The summed E-state index contributed by atoms with van der Waals surface area (Å²) in [6.07, 6.45) is 3.54. The molecule has 0 unspecified atom stereocenters. The predicted molar refractivity (Wildman–Crippen MR) is 93.4 cm³/mol. The second-order valence-corrected chi connectivity index (χ2v) is 5.52. The van der Waals surface area contributed by atoms with Crippen LogP contribution in [0, 0.1) is 0 Å². The Hall–Kier alpha value is -2.86. The summed E-state index contributed by atoms with van der Waals surface area (Å²) < 4.78 is 15.9. The number of carbonyl (C=O) groups excluding carboxylic acids is 1. The Bertz CT molecular complexity index is 756. The molecule has 1 N–H and O–H groups in total. The average Bonchev–Trinajstić information content (AvgIpc) is 2.67. The Kier molecular flexibility index (Phi) is 5.64. The van der Waals surface area contributed by atoms with Crippen LogP contribution in [0.15, 0.2) is 48.2 Å². The first kappa shape index (κ1) is 17.0. The minimum atomic E-state index is -0.144. The van der Waals surface area contributed by atoms with Crippen molar-refractivity contribution in [1.29, 1.82) is 0 Å². The normalized spacial score (nSPS) is 12.6. The number of amides is 1. The third-order valence-electron chi connectivity index (χ3n) is 3.71. The topological polar surface area (TPSA) is 69.7 Å². The van der Waals surface area contributed by atoms with Crippen molar-refractivity contribution in [2.75, 3.05) is 26.9 Å². The molecular weight excluding hydrogens is 320 g/mol. The standard InChI is InChI=1S/C19H20N2O4/c1-23-8-9-24-18-7-6-14(11-20-18)12-21-19(22)16-10-15-4-2-3-5-17(15)25-13-16/h2-7,10-11H,8-9,12-13H2,1H3,(H,21,22). The van der Waals surface area contributed by atoms with Crippen molar-refractivity contribution in [3.8, 4) is 11.6 Å². The van der Waals surface area contributed by atoms with E-state index in [0.29, 0.717) is 31.2 Å². The fourth-order valence-corrected chi connectivity index (χ4v) is 2.37. The molecule has 1 amide bonds. The summed E-state index contributed by atoms with van der Waals surface area (Å²) in [7, 11) is 1.62. The fourth-order valence-electron chi connectivity index (χ4n) is 2.37. The maximum Gasteiger partial charge on any atom is 0.250 e. The number of ether oxygens (including phenoxy) is 3. The van der Waals surface area contributed by atoms with Gasteiger partial charge in [0, 0.05) is 31.5 Å². The summed E-state index contributed by atoms with van der Waals surface area (Å²) in [5.41, 5.74) is 2.41. The van der Waals surface area contributed by atoms with Crippen molar-refractivity contribution in [1.82, 2.24) is 10.3 Å². The highest BCUT2D eigenvalue weighted by Crippen LogP contribution is 2.25. The second kappa shape index (κ2) is 8.30. The maximum absolute atomic E-state index is 12.3. The number of pyridine rings is 1. The van der Waals surface area contributed by atoms with E-state index >= 15 is 0 Å².